The molecule has 2 aromatic rings. The number of rotatable bonds is 5. The molecule has 3 N–H and O–H groups in total. The van der Waals surface area contributed by atoms with Crippen molar-refractivity contribution >= 4 is 27.0 Å². The van der Waals surface area contributed by atoms with Crippen LogP contribution in [0.2, 0.25) is 0 Å². The molecule has 0 bridgehead atoms. The monoisotopic (exact) mass is 311 g/mol. The lowest BCUT2D eigenvalue weighted by Crippen LogP contribution is -2.24. The fourth-order valence-corrected chi connectivity index (χ4v) is 3.99. The van der Waals surface area contributed by atoms with Crippen LogP contribution < -0.4 is 10.5 Å². The summed E-state index contributed by atoms with van der Waals surface area (Å²) in [5.41, 5.74) is 9.45. The molecule has 1 aromatic carbocycles. The highest BCUT2D eigenvalue weighted by Gasteiger charge is 2.18. The van der Waals surface area contributed by atoms with Crippen LogP contribution >= 0.6 is 11.3 Å². The van der Waals surface area contributed by atoms with E-state index in [9.17, 15) is 8.42 Å². The SMILES string of the molecule is CCc1ccc(N)cc1S(=O)(=O)NCc1scnc1C. The highest BCUT2D eigenvalue weighted by molar-refractivity contribution is 7.89. The van der Waals surface area contributed by atoms with Crippen LogP contribution in [0.15, 0.2) is 28.6 Å². The molecule has 20 heavy (non-hydrogen) atoms. The number of sulfonamides is 1. The number of nitrogens with zero attached hydrogens (tertiary/aromatic N) is 1. The summed E-state index contributed by atoms with van der Waals surface area (Å²) in [4.78, 5) is 5.27. The van der Waals surface area contributed by atoms with Crippen molar-refractivity contribution in [3.63, 3.8) is 0 Å². The van der Waals surface area contributed by atoms with Gasteiger partial charge < -0.3 is 5.73 Å². The van der Waals surface area contributed by atoms with Gasteiger partial charge in [0.2, 0.25) is 10.0 Å². The summed E-state index contributed by atoms with van der Waals surface area (Å²) in [6.45, 7) is 4.02. The van der Waals surface area contributed by atoms with Crippen LogP contribution in [0, 0.1) is 6.92 Å². The normalized spacial score (nSPS) is 11.7. The van der Waals surface area contributed by atoms with Gasteiger partial charge in [-0.15, -0.1) is 11.3 Å². The third-order valence-corrected chi connectivity index (χ3v) is 5.45. The van der Waals surface area contributed by atoms with Gasteiger partial charge in [0.1, 0.15) is 0 Å². The second-order valence-corrected chi connectivity index (χ2v) is 7.08. The fraction of sp³-hybridized carbons (Fsp3) is 0.308. The standard InChI is InChI=1S/C13H17N3O2S2/c1-3-10-4-5-11(14)6-13(10)20(17,18)16-7-12-9(2)15-8-19-12/h4-6,8,16H,3,7,14H2,1-2H3. The zero-order valence-electron chi connectivity index (χ0n) is 11.4. The molecule has 5 nitrogen and oxygen atoms in total. The summed E-state index contributed by atoms with van der Waals surface area (Å²) < 4.78 is 27.4. The molecule has 7 heteroatoms. The first-order chi connectivity index (χ1) is 9.44. The van der Waals surface area contributed by atoms with Crippen molar-refractivity contribution in [1.82, 2.24) is 9.71 Å². The Labute approximate surface area is 122 Å². The molecule has 0 aliphatic heterocycles. The minimum absolute atomic E-state index is 0.247. The summed E-state index contributed by atoms with van der Waals surface area (Å²) >= 11 is 1.44. The first kappa shape index (κ1) is 15.0. The van der Waals surface area contributed by atoms with Crippen LogP contribution in [0.5, 0.6) is 0 Å². The zero-order valence-corrected chi connectivity index (χ0v) is 13.0. The summed E-state index contributed by atoms with van der Waals surface area (Å²) in [5.74, 6) is 0. The van der Waals surface area contributed by atoms with Crippen molar-refractivity contribution in [2.75, 3.05) is 5.73 Å². The van der Waals surface area contributed by atoms with Crippen molar-refractivity contribution in [3.8, 4) is 0 Å². The molecule has 0 atom stereocenters. The Bertz CT molecular complexity index is 708. The van der Waals surface area contributed by atoms with E-state index in [0.717, 1.165) is 16.1 Å². The maximum atomic E-state index is 12.4. The van der Waals surface area contributed by atoms with Gasteiger partial charge in [0, 0.05) is 17.1 Å². The second kappa shape index (κ2) is 5.90. The number of anilines is 1. The summed E-state index contributed by atoms with van der Waals surface area (Å²) in [7, 11) is -3.57. The van der Waals surface area contributed by atoms with Crippen LogP contribution in [0.1, 0.15) is 23.1 Å². The summed E-state index contributed by atoms with van der Waals surface area (Å²) in [5, 5.41) is 0. The van der Waals surface area contributed by atoms with Crippen molar-refractivity contribution in [3.05, 3.63) is 39.8 Å². The maximum Gasteiger partial charge on any atom is 0.241 e. The molecule has 0 radical (unpaired) electrons. The van der Waals surface area contributed by atoms with E-state index < -0.39 is 10.0 Å². The average molecular weight is 311 g/mol. The minimum Gasteiger partial charge on any atom is -0.399 e. The molecule has 0 saturated heterocycles. The molecular formula is C13H17N3O2S2. The molecule has 0 aliphatic carbocycles. The lowest BCUT2D eigenvalue weighted by atomic mass is 10.1. The van der Waals surface area contributed by atoms with Gasteiger partial charge in [-0.3, -0.25) is 0 Å². The van der Waals surface area contributed by atoms with Crippen LogP contribution in [0.3, 0.4) is 0 Å². The summed E-state index contributed by atoms with van der Waals surface area (Å²) in [6, 6.07) is 4.97. The Hall–Kier alpha value is -1.44. The van der Waals surface area contributed by atoms with Gasteiger partial charge in [-0.05, 0) is 31.0 Å². The van der Waals surface area contributed by atoms with E-state index in [0.29, 0.717) is 12.1 Å². The second-order valence-electron chi connectivity index (χ2n) is 4.41. The van der Waals surface area contributed by atoms with E-state index in [1.807, 2.05) is 13.8 Å². The summed E-state index contributed by atoms with van der Waals surface area (Å²) in [6.07, 6.45) is 0.635. The van der Waals surface area contributed by atoms with Gasteiger partial charge >= 0.3 is 0 Å². The number of hydrogen-bond acceptors (Lipinski definition) is 5. The molecular weight excluding hydrogens is 294 g/mol. The molecule has 0 saturated carbocycles. The van der Waals surface area contributed by atoms with E-state index in [1.165, 1.54) is 17.4 Å². The number of nitrogens with two attached hydrogens (primary N) is 1. The van der Waals surface area contributed by atoms with Crippen LogP contribution in [0.25, 0.3) is 0 Å². The van der Waals surface area contributed by atoms with E-state index in [-0.39, 0.29) is 11.4 Å². The molecule has 0 fully saturated rings. The van der Waals surface area contributed by atoms with Crippen molar-refractivity contribution in [1.29, 1.82) is 0 Å². The topological polar surface area (TPSA) is 85.1 Å². The predicted molar refractivity (Wildman–Crippen MR) is 81.1 cm³/mol. The van der Waals surface area contributed by atoms with Crippen LogP contribution in [-0.2, 0) is 23.0 Å². The molecule has 108 valence electrons. The van der Waals surface area contributed by atoms with Gasteiger partial charge in [0.15, 0.2) is 0 Å². The van der Waals surface area contributed by atoms with E-state index >= 15 is 0 Å². The molecule has 1 aromatic heterocycles. The lowest BCUT2D eigenvalue weighted by Gasteiger charge is -2.11. The first-order valence-electron chi connectivity index (χ1n) is 6.21. The Kier molecular flexibility index (Phi) is 4.42. The van der Waals surface area contributed by atoms with E-state index in [4.69, 9.17) is 5.73 Å². The van der Waals surface area contributed by atoms with Crippen molar-refractivity contribution < 1.29 is 8.42 Å². The Morgan fingerprint density at radius 3 is 2.75 bits per heavy atom. The zero-order chi connectivity index (χ0) is 14.8. The molecule has 0 unspecified atom stereocenters. The van der Waals surface area contributed by atoms with Gasteiger partial charge in [0.05, 0.1) is 16.1 Å². The van der Waals surface area contributed by atoms with Gasteiger partial charge in [-0.2, -0.15) is 0 Å². The molecule has 0 amide bonds. The van der Waals surface area contributed by atoms with Crippen LogP contribution in [-0.4, -0.2) is 13.4 Å². The fourth-order valence-electron chi connectivity index (χ4n) is 1.85. The number of aromatic nitrogens is 1. The number of thiazole rings is 1. The predicted octanol–water partition coefficient (Wildman–Crippen LogP) is 2.07. The highest BCUT2D eigenvalue weighted by atomic mass is 32.2. The van der Waals surface area contributed by atoms with E-state index in [1.54, 1.807) is 17.6 Å². The quantitative estimate of drug-likeness (QED) is 0.828. The van der Waals surface area contributed by atoms with Crippen LogP contribution in [0.4, 0.5) is 5.69 Å². The number of nitrogens with one attached hydrogen (secondary N) is 1. The Morgan fingerprint density at radius 1 is 1.40 bits per heavy atom. The van der Waals surface area contributed by atoms with Gasteiger partial charge in [-0.25, -0.2) is 18.1 Å². The smallest absolute Gasteiger partial charge is 0.241 e. The minimum atomic E-state index is -3.57. The van der Waals surface area contributed by atoms with Gasteiger partial charge in [-0.1, -0.05) is 13.0 Å². The number of benzene rings is 1. The molecule has 2 rings (SSSR count). The van der Waals surface area contributed by atoms with E-state index in [2.05, 4.69) is 9.71 Å². The Balaban J connectivity index is 2.26. The van der Waals surface area contributed by atoms with Crippen molar-refractivity contribution in [2.24, 2.45) is 0 Å². The third-order valence-electron chi connectivity index (χ3n) is 3.03. The third kappa shape index (κ3) is 3.17. The number of aryl methyl sites for hydroxylation is 2. The largest absolute Gasteiger partial charge is 0.399 e. The maximum absolute atomic E-state index is 12.4. The van der Waals surface area contributed by atoms with Crippen molar-refractivity contribution in [2.45, 2.75) is 31.7 Å². The molecule has 0 spiro atoms. The average Bonchev–Trinajstić information content (AvgIpc) is 2.82. The van der Waals surface area contributed by atoms with Gasteiger partial charge in [0.25, 0.3) is 0 Å². The molecule has 0 aliphatic rings. The highest BCUT2D eigenvalue weighted by Crippen LogP contribution is 2.20. The number of nitrogen functional groups attached to an aromatic ring is 1. The lowest BCUT2D eigenvalue weighted by molar-refractivity contribution is 0.580. The number of hydrogen-bond donors (Lipinski definition) is 2. The molecule has 1 heterocycles. The first-order valence-corrected chi connectivity index (χ1v) is 8.57. The Morgan fingerprint density at radius 2 is 2.15 bits per heavy atom.